The van der Waals surface area contributed by atoms with Crippen molar-refractivity contribution in [3.63, 3.8) is 0 Å². The molecule has 32 heavy (non-hydrogen) atoms. The fraction of sp³-hybridized carbons (Fsp3) is 0.708. The minimum Gasteiger partial charge on any atom is -0.497 e. The highest BCUT2D eigenvalue weighted by atomic mass is 127. The molecule has 3 fully saturated rings. The van der Waals surface area contributed by atoms with Crippen molar-refractivity contribution in [2.75, 3.05) is 53.6 Å². The SMILES string of the molecule is CCOC1CC(NC(=NC)NCC(c2ccc(OC)cc2)N2CCOCC2)C12CCC2.I. The van der Waals surface area contributed by atoms with E-state index in [-0.39, 0.29) is 30.0 Å². The normalized spacial score (nSPS) is 25.8. The summed E-state index contributed by atoms with van der Waals surface area (Å²) in [6.45, 7) is 7.12. The fourth-order valence-corrected chi connectivity index (χ4v) is 5.37. The van der Waals surface area contributed by atoms with Crippen molar-refractivity contribution in [3.8, 4) is 5.75 Å². The molecule has 3 unspecified atom stereocenters. The van der Waals surface area contributed by atoms with Crippen molar-refractivity contribution in [3.05, 3.63) is 29.8 Å². The second kappa shape index (κ2) is 11.9. The Morgan fingerprint density at radius 1 is 1.25 bits per heavy atom. The third-order valence-electron chi connectivity index (χ3n) is 7.42. The van der Waals surface area contributed by atoms with Crippen LogP contribution < -0.4 is 15.4 Å². The quantitative estimate of drug-likeness (QED) is 0.290. The number of rotatable bonds is 8. The van der Waals surface area contributed by atoms with Crippen LogP contribution in [0.3, 0.4) is 0 Å². The molecule has 3 atom stereocenters. The van der Waals surface area contributed by atoms with Gasteiger partial charge in [0, 0.05) is 44.7 Å². The number of morpholine rings is 1. The predicted molar refractivity (Wildman–Crippen MR) is 138 cm³/mol. The van der Waals surface area contributed by atoms with Gasteiger partial charge in [-0.15, -0.1) is 24.0 Å². The second-order valence-corrected chi connectivity index (χ2v) is 8.85. The van der Waals surface area contributed by atoms with Gasteiger partial charge in [-0.3, -0.25) is 9.89 Å². The summed E-state index contributed by atoms with van der Waals surface area (Å²) in [5, 5.41) is 7.32. The van der Waals surface area contributed by atoms with Gasteiger partial charge in [0.1, 0.15) is 5.75 Å². The lowest BCUT2D eigenvalue weighted by Gasteiger charge is -2.61. The van der Waals surface area contributed by atoms with Crippen LogP contribution >= 0.6 is 24.0 Å². The summed E-state index contributed by atoms with van der Waals surface area (Å²) in [6.07, 6.45) is 5.30. The van der Waals surface area contributed by atoms with Crippen molar-refractivity contribution >= 4 is 29.9 Å². The van der Waals surface area contributed by atoms with Crippen LogP contribution in [-0.4, -0.2) is 76.6 Å². The van der Waals surface area contributed by atoms with Gasteiger partial charge >= 0.3 is 0 Å². The number of hydrogen-bond acceptors (Lipinski definition) is 5. The van der Waals surface area contributed by atoms with E-state index in [4.69, 9.17) is 14.2 Å². The average Bonchev–Trinajstić information content (AvgIpc) is 2.77. The highest BCUT2D eigenvalue weighted by Crippen LogP contribution is 2.57. The molecule has 1 saturated heterocycles. The molecular weight excluding hydrogens is 519 g/mol. The molecule has 1 spiro atoms. The van der Waals surface area contributed by atoms with Gasteiger partial charge in [-0.2, -0.15) is 0 Å². The van der Waals surface area contributed by atoms with Crippen molar-refractivity contribution in [1.29, 1.82) is 0 Å². The van der Waals surface area contributed by atoms with E-state index in [1.807, 2.05) is 19.2 Å². The molecule has 0 aromatic heterocycles. The molecule has 0 radical (unpaired) electrons. The standard InChI is InChI=1S/C24H38N4O3.HI/c1-4-31-22-16-21(24(22)10-5-11-24)27-23(25-2)26-17-20(28-12-14-30-15-13-28)18-6-8-19(29-3)9-7-18;/h6-9,20-22H,4-5,10-17H2,1-3H3,(H2,25,26,27);1H. The van der Waals surface area contributed by atoms with Crippen molar-refractivity contribution in [1.82, 2.24) is 15.5 Å². The number of hydrogen-bond donors (Lipinski definition) is 2. The maximum absolute atomic E-state index is 6.01. The summed E-state index contributed by atoms with van der Waals surface area (Å²) in [5.74, 6) is 1.77. The van der Waals surface area contributed by atoms with Crippen LogP contribution in [0.25, 0.3) is 0 Å². The zero-order chi connectivity index (χ0) is 21.7. The highest BCUT2D eigenvalue weighted by Gasteiger charge is 2.59. The second-order valence-electron chi connectivity index (χ2n) is 8.85. The van der Waals surface area contributed by atoms with Crippen LogP contribution in [0, 0.1) is 5.41 Å². The molecule has 1 heterocycles. The lowest BCUT2D eigenvalue weighted by atomic mass is 9.51. The Bertz CT molecular complexity index is 735. The molecule has 0 bridgehead atoms. The lowest BCUT2D eigenvalue weighted by Crippen LogP contribution is -2.68. The molecule has 1 aliphatic heterocycles. The Morgan fingerprint density at radius 2 is 1.97 bits per heavy atom. The molecule has 2 N–H and O–H groups in total. The van der Waals surface area contributed by atoms with Gasteiger partial charge in [0.15, 0.2) is 5.96 Å². The number of halogens is 1. The van der Waals surface area contributed by atoms with E-state index in [1.165, 1.54) is 24.8 Å². The summed E-state index contributed by atoms with van der Waals surface area (Å²) >= 11 is 0. The third-order valence-corrected chi connectivity index (χ3v) is 7.42. The Hall–Kier alpha value is -1.10. The van der Waals surface area contributed by atoms with Crippen LogP contribution in [0.4, 0.5) is 0 Å². The van der Waals surface area contributed by atoms with Crippen LogP contribution in [0.5, 0.6) is 5.75 Å². The number of ether oxygens (including phenoxy) is 3. The lowest BCUT2D eigenvalue weighted by molar-refractivity contribution is -0.168. The Balaban J connectivity index is 0.00000289. The van der Waals surface area contributed by atoms with Gasteiger partial charge in [-0.05, 0) is 43.9 Å². The van der Waals surface area contributed by atoms with Gasteiger partial charge in [0.25, 0.3) is 0 Å². The molecular formula is C24H39IN4O3. The highest BCUT2D eigenvalue weighted by molar-refractivity contribution is 14.0. The summed E-state index contributed by atoms with van der Waals surface area (Å²) in [7, 11) is 3.57. The van der Waals surface area contributed by atoms with E-state index >= 15 is 0 Å². The molecule has 180 valence electrons. The zero-order valence-electron chi connectivity index (χ0n) is 19.6. The average molecular weight is 559 g/mol. The first kappa shape index (κ1) is 25.5. The number of nitrogens with zero attached hydrogens (tertiary/aromatic N) is 2. The van der Waals surface area contributed by atoms with E-state index in [0.717, 1.165) is 57.6 Å². The monoisotopic (exact) mass is 558 g/mol. The predicted octanol–water partition coefficient (Wildman–Crippen LogP) is 3.20. The zero-order valence-corrected chi connectivity index (χ0v) is 22.0. The number of nitrogens with one attached hydrogen (secondary N) is 2. The Morgan fingerprint density at radius 3 is 2.53 bits per heavy atom. The maximum Gasteiger partial charge on any atom is 0.191 e. The Kier molecular flexibility index (Phi) is 9.45. The number of methoxy groups -OCH3 is 1. The molecule has 7 nitrogen and oxygen atoms in total. The van der Waals surface area contributed by atoms with Crippen LogP contribution in [0.2, 0.25) is 0 Å². The Labute approximate surface area is 209 Å². The molecule has 1 aromatic carbocycles. The van der Waals surface area contributed by atoms with Crippen LogP contribution in [-0.2, 0) is 9.47 Å². The van der Waals surface area contributed by atoms with E-state index in [2.05, 4.69) is 39.6 Å². The molecule has 1 aromatic rings. The first-order valence-corrected chi connectivity index (χ1v) is 11.7. The molecule has 3 aliphatic rings. The van der Waals surface area contributed by atoms with E-state index in [0.29, 0.717) is 17.6 Å². The minimum atomic E-state index is 0. The largest absolute Gasteiger partial charge is 0.497 e. The van der Waals surface area contributed by atoms with Crippen LogP contribution in [0.15, 0.2) is 29.3 Å². The van der Waals surface area contributed by atoms with Crippen LogP contribution in [0.1, 0.15) is 44.2 Å². The summed E-state index contributed by atoms with van der Waals surface area (Å²) in [4.78, 5) is 7.03. The van der Waals surface area contributed by atoms with Gasteiger partial charge in [-0.1, -0.05) is 18.6 Å². The first-order chi connectivity index (χ1) is 15.2. The number of aliphatic imine (C=N–C) groups is 1. The molecule has 4 rings (SSSR count). The van der Waals surface area contributed by atoms with Gasteiger partial charge in [0.05, 0.1) is 32.5 Å². The van der Waals surface area contributed by atoms with Crippen molar-refractivity contribution in [2.45, 2.75) is 50.8 Å². The number of benzene rings is 1. The number of guanidine groups is 1. The third kappa shape index (κ3) is 5.34. The van der Waals surface area contributed by atoms with Crippen molar-refractivity contribution < 1.29 is 14.2 Å². The minimum absolute atomic E-state index is 0. The smallest absolute Gasteiger partial charge is 0.191 e. The summed E-state index contributed by atoms with van der Waals surface area (Å²) in [6, 6.07) is 9.12. The molecule has 8 heteroatoms. The molecule has 2 aliphatic carbocycles. The fourth-order valence-electron chi connectivity index (χ4n) is 5.37. The van der Waals surface area contributed by atoms with Gasteiger partial charge < -0.3 is 24.8 Å². The van der Waals surface area contributed by atoms with Crippen molar-refractivity contribution in [2.24, 2.45) is 10.4 Å². The summed E-state index contributed by atoms with van der Waals surface area (Å²) < 4.78 is 16.9. The van der Waals surface area contributed by atoms with E-state index in [1.54, 1.807) is 7.11 Å². The van der Waals surface area contributed by atoms with Gasteiger partial charge in [0.2, 0.25) is 0 Å². The first-order valence-electron chi connectivity index (χ1n) is 11.7. The topological polar surface area (TPSA) is 67.3 Å². The van der Waals surface area contributed by atoms with E-state index in [9.17, 15) is 0 Å². The summed E-state index contributed by atoms with van der Waals surface area (Å²) in [5.41, 5.74) is 1.59. The maximum atomic E-state index is 6.01. The molecule has 2 saturated carbocycles. The van der Waals surface area contributed by atoms with E-state index < -0.39 is 0 Å². The molecule has 0 amide bonds. The van der Waals surface area contributed by atoms with Gasteiger partial charge in [-0.25, -0.2) is 0 Å².